The van der Waals surface area contributed by atoms with Crippen molar-refractivity contribution in [2.75, 3.05) is 19.6 Å². The summed E-state index contributed by atoms with van der Waals surface area (Å²) in [5.41, 5.74) is 7.64. The molecule has 34 heavy (non-hydrogen) atoms. The highest BCUT2D eigenvalue weighted by Gasteiger charge is 2.37. The highest BCUT2D eigenvalue weighted by molar-refractivity contribution is 5.95. The van der Waals surface area contributed by atoms with E-state index in [1.807, 2.05) is 34.9 Å². The summed E-state index contributed by atoms with van der Waals surface area (Å²) in [7, 11) is 0. The van der Waals surface area contributed by atoms with Gasteiger partial charge in [-0.2, -0.15) is 0 Å². The third-order valence-electron chi connectivity index (χ3n) is 6.53. The molecule has 1 amide bonds. The van der Waals surface area contributed by atoms with Crippen molar-refractivity contribution >= 4 is 18.3 Å². The molecule has 1 saturated heterocycles. The molecule has 3 aromatic rings. The van der Waals surface area contributed by atoms with Crippen molar-refractivity contribution in [2.24, 2.45) is 11.7 Å². The van der Waals surface area contributed by atoms with E-state index in [0.717, 1.165) is 24.1 Å². The van der Waals surface area contributed by atoms with Crippen LogP contribution >= 0.6 is 12.4 Å². The van der Waals surface area contributed by atoms with Gasteiger partial charge in [0.05, 0.1) is 5.56 Å². The van der Waals surface area contributed by atoms with E-state index < -0.39 is 5.82 Å². The van der Waals surface area contributed by atoms with Gasteiger partial charge < -0.3 is 19.9 Å². The first kappa shape index (κ1) is 24.0. The number of hydrogen-bond acceptors (Lipinski definition) is 4. The van der Waals surface area contributed by atoms with Crippen LogP contribution in [0.1, 0.15) is 34.0 Å². The normalized spacial score (nSPS) is 18.6. The van der Waals surface area contributed by atoms with E-state index in [2.05, 4.69) is 0 Å². The van der Waals surface area contributed by atoms with E-state index >= 15 is 0 Å². The number of nitrogens with zero attached hydrogens (tertiary/aromatic N) is 2. The zero-order valence-electron chi connectivity index (χ0n) is 18.7. The van der Waals surface area contributed by atoms with Gasteiger partial charge in [-0.1, -0.05) is 18.2 Å². The van der Waals surface area contributed by atoms with Gasteiger partial charge in [0.2, 0.25) is 0 Å². The summed E-state index contributed by atoms with van der Waals surface area (Å²) in [5, 5.41) is 0. The number of likely N-dealkylation sites (tertiary alicyclic amines) is 1. The second-order valence-electron chi connectivity index (χ2n) is 8.83. The maximum absolute atomic E-state index is 14.7. The lowest BCUT2D eigenvalue weighted by molar-refractivity contribution is 0.0589. The first-order valence-electron chi connectivity index (χ1n) is 11.3. The molecule has 2 bridgehead atoms. The molecule has 6 nitrogen and oxygen atoms in total. The van der Waals surface area contributed by atoms with Gasteiger partial charge >= 0.3 is 0 Å². The van der Waals surface area contributed by atoms with E-state index in [1.54, 1.807) is 17.0 Å². The van der Waals surface area contributed by atoms with Crippen LogP contribution in [0.3, 0.4) is 0 Å². The lowest BCUT2D eigenvalue weighted by atomic mass is 9.83. The van der Waals surface area contributed by atoms with Gasteiger partial charge in [0, 0.05) is 37.3 Å². The van der Waals surface area contributed by atoms with Crippen molar-refractivity contribution in [3.05, 3.63) is 93.7 Å². The fourth-order valence-corrected chi connectivity index (χ4v) is 4.99. The predicted octanol–water partition coefficient (Wildman–Crippen LogP) is 3.96. The zero-order chi connectivity index (χ0) is 22.9. The number of amides is 1. The standard InChI is InChI=1S/C26H26FN3O3.ClH/c27-23-9-8-21(33-20-6-4-17(5-7-20)10-11-28)13-22(23)26(32)29-14-18-12-19(16-29)24-2-1-3-25(31)30(24)15-18;/h1-9,13,18-19H,10-12,14-16,28H2;1H/t18-,19+;/m0./s1. The molecule has 5 rings (SSSR count). The number of pyridine rings is 1. The quantitative estimate of drug-likeness (QED) is 0.596. The maximum atomic E-state index is 14.7. The predicted molar refractivity (Wildman–Crippen MR) is 130 cm³/mol. The molecule has 2 N–H and O–H groups in total. The highest BCUT2D eigenvalue weighted by atomic mass is 35.5. The molecule has 2 aromatic carbocycles. The minimum absolute atomic E-state index is 0. The number of nitrogens with two attached hydrogens (primary N) is 1. The SMILES string of the molecule is Cl.NCCc1ccc(Oc2ccc(F)c(C(=O)N3C[C@@H]4C[C@H](C3)c3cccc(=O)n3C4)c2)cc1. The Morgan fingerprint density at radius 1 is 1.03 bits per heavy atom. The van der Waals surface area contributed by atoms with Gasteiger partial charge in [0.25, 0.3) is 11.5 Å². The van der Waals surface area contributed by atoms with Crippen molar-refractivity contribution in [2.45, 2.75) is 25.3 Å². The Morgan fingerprint density at radius 2 is 1.79 bits per heavy atom. The first-order chi connectivity index (χ1) is 16.0. The number of ether oxygens (including phenoxy) is 1. The Morgan fingerprint density at radius 3 is 2.56 bits per heavy atom. The van der Waals surface area contributed by atoms with Crippen molar-refractivity contribution in [3.8, 4) is 11.5 Å². The Bertz CT molecular complexity index is 1240. The topological polar surface area (TPSA) is 77.6 Å². The van der Waals surface area contributed by atoms with E-state index in [9.17, 15) is 14.0 Å². The van der Waals surface area contributed by atoms with Crippen LogP contribution in [-0.2, 0) is 13.0 Å². The van der Waals surface area contributed by atoms with Crippen molar-refractivity contribution in [1.29, 1.82) is 0 Å². The van der Waals surface area contributed by atoms with E-state index in [0.29, 0.717) is 37.7 Å². The van der Waals surface area contributed by atoms with Crippen LogP contribution in [0.2, 0.25) is 0 Å². The largest absolute Gasteiger partial charge is 0.457 e. The molecule has 1 fully saturated rings. The number of carbonyl (C=O) groups is 1. The Labute approximate surface area is 203 Å². The average molecular weight is 484 g/mol. The Hall–Kier alpha value is -3.16. The summed E-state index contributed by atoms with van der Waals surface area (Å²) >= 11 is 0. The van der Waals surface area contributed by atoms with Crippen molar-refractivity contribution in [1.82, 2.24) is 9.47 Å². The number of fused-ring (bicyclic) bond motifs is 4. The zero-order valence-corrected chi connectivity index (χ0v) is 19.5. The van der Waals surface area contributed by atoms with Gasteiger partial charge in [-0.05, 0) is 67.3 Å². The number of rotatable bonds is 5. The number of carbonyl (C=O) groups excluding carboxylic acids is 1. The van der Waals surface area contributed by atoms with Crippen LogP contribution in [0.5, 0.6) is 11.5 Å². The van der Waals surface area contributed by atoms with Crippen LogP contribution < -0.4 is 16.0 Å². The minimum atomic E-state index is -0.571. The van der Waals surface area contributed by atoms with Gasteiger partial charge in [-0.3, -0.25) is 9.59 Å². The van der Waals surface area contributed by atoms with E-state index in [-0.39, 0.29) is 41.3 Å². The molecule has 2 aliphatic heterocycles. The number of aromatic nitrogens is 1. The van der Waals surface area contributed by atoms with Gasteiger partial charge in [-0.15, -0.1) is 12.4 Å². The van der Waals surface area contributed by atoms with Gasteiger partial charge in [-0.25, -0.2) is 4.39 Å². The maximum Gasteiger partial charge on any atom is 0.256 e. The fourth-order valence-electron chi connectivity index (χ4n) is 4.99. The van der Waals surface area contributed by atoms with E-state index in [1.165, 1.54) is 18.2 Å². The average Bonchev–Trinajstić information content (AvgIpc) is 2.82. The lowest BCUT2D eigenvalue weighted by Crippen LogP contribution is -2.49. The lowest BCUT2D eigenvalue weighted by Gasteiger charge is -2.42. The summed E-state index contributed by atoms with van der Waals surface area (Å²) in [6.07, 6.45) is 1.71. The third kappa shape index (κ3) is 4.72. The second kappa shape index (κ2) is 9.99. The molecule has 0 aliphatic carbocycles. The molecule has 2 atom stereocenters. The van der Waals surface area contributed by atoms with Crippen molar-refractivity contribution < 1.29 is 13.9 Å². The van der Waals surface area contributed by atoms with Crippen LogP contribution in [0.15, 0.2) is 65.5 Å². The smallest absolute Gasteiger partial charge is 0.256 e. The van der Waals surface area contributed by atoms with Crippen LogP contribution in [-0.4, -0.2) is 35.0 Å². The second-order valence-corrected chi connectivity index (χ2v) is 8.83. The summed E-state index contributed by atoms with van der Waals surface area (Å²) in [6.45, 7) is 2.13. The molecule has 2 aliphatic rings. The molecule has 8 heteroatoms. The minimum Gasteiger partial charge on any atom is -0.457 e. The van der Waals surface area contributed by atoms with Crippen LogP contribution in [0.25, 0.3) is 0 Å². The monoisotopic (exact) mass is 483 g/mol. The Balaban J connectivity index is 0.00000274. The van der Waals surface area contributed by atoms with Crippen LogP contribution in [0, 0.1) is 11.7 Å². The van der Waals surface area contributed by atoms with Gasteiger partial charge in [0.1, 0.15) is 17.3 Å². The molecule has 0 saturated carbocycles. The molecule has 0 unspecified atom stereocenters. The summed E-state index contributed by atoms with van der Waals surface area (Å²) in [4.78, 5) is 27.2. The summed E-state index contributed by atoms with van der Waals surface area (Å²) in [6, 6.07) is 17.1. The molecule has 0 radical (unpaired) electrons. The summed E-state index contributed by atoms with van der Waals surface area (Å²) in [5.74, 6) is 0.339. The molecular weight excluding hydrogens is 457 g/mol. The van der Waals surface area contributed by atoms with Crippen LogP contribution in [0.4, 0.5) is 4.39 Å². The molecule has 3 heterocycles. The van der Waals surface area contributed by atoms with Crippen molar-refractivity contribution in [3.63, 3.8) is 0 Å². The fraction of sp³-hybridized carbons (Fsp3) is 0.308. The molecule has 1 aromatic heterocycles. The van der Waals surface area contributed by atoms with Gasteiger partial charge in [0.15, 0.2) is 0 Å². The Kier molecular flexibility index (Phi) is 7.05. The highest BCUT2D eigenvalue weighted by Crippen LogP contribution is 2.36. The first-order valence-corrected chi connectivity index (χ1v) is 11.3. The molecular formula is C26H27ClFN3O3. The third-order valence-corrected chi connectivity index (χ3v) is 6.53. The molecule has 0 spiro atoms. The number of hydrogen-bond donors (Lipinski definition) is 1. The number of piperidine rings is 1. The number of benzene rings is 2. The molecule has 178 valence electrons. The number of halogens is 2. The van der Waals surface area contributed by atoms with E-state index in [4.69, 9.17) is 10.5 Å². The summed E-state index contributed by atoms with van der Waals surface area (Å²) < 4.78 is 22.4.